The Kier molecular flexibility index (Phi) is 5.22. The Bertz CT molecular complexity index is 424. The number of hydrogen-bond acceptors (Lipinski definition) is 3. The van der Waals surface area contributed by atoms with Crippen molar-refractivity contribution in [3.05, 3.63) is 30.1 Å². The maximum absolute atomic E-state index is 12.8. The lowest BCUT2D eigenvalue weighted by Crippen LogP contribution is -2.46. The highest BCUT2D eigenvalue weighted by atomic mass is 32.2. The number of amides is 1. The number of halogens is 1. The second kappa shape index (κ2) is 6.91. The van der Waals surface area contributed by atoms with Crippen molar-refractivity contribution in [1.82, 2.24) is 4.90 Å². The van der Waals surface area contributed by atoms with Gasteiger partial charge in [-0.2, -0.15) is 0 Å². The Morgan fingerprint density at radius 1 is 1.37 bits per heavy atom. The third kappa shape index (κ3) is 3.94. The Morgan fingerprint density at radius 2 is 2.11 bits per heavy atom. The lowest BCUT2D eigenvalue weighted by atomic mass is 10.0. The summed E-state index contributed by atoms with van der Waals surface area (Å²) in [5.74, 6) is 0.113. The van der Waals surface area contributed by atoms with E-state index in [1.54, 1.807) is 17.0 Å². The lowest BCUT2D eigenvalue weighted by Gasteiger charge is -2.34. The van der Waals surface area contributed by atoms with Crippen LogP contribution >= 0.6 is 11.8 Å². The Labute approximate surface area is 116 Å². The molecule has 0 aliphatic carbocycles. The third-order valence-electron chi connectivity index (χ3n) is 3.33. The zero-order chi connectivity index (χ0) is 13.7. The van der Waals surface area contributed by atoms with Gasteiger partial charge in [-0.05, 0) is 43.5 Å². The quantitative estimate of drug-likeness (QED) is 0.862. The second-order valence-corrected chi connectivity index (χ2v) is 5.71. The number of aliphatic hydroxyl groups excluding tert-OH is 1. The molecule has 2 rings (SSSR count). The Balaban J connectivity index is 1.87. The number of likely N-dealkylation sites (tertiary alicyclic amines) is 1. The molecule has 0 bridgehead atoms. The fourth-order valence-corrected chi connectivity index (χ4v) is 3.06. The summed E-state index contributed by atoms with van der Waals surface area (Å²) in [6.45, 7) is 0.765. The molecule has 5 heteroatoms. The van der Waals surface area contributed by atoms with E-state index in [4.69, 9.17) is 0 Å². The summed E-state index contributed by atoms with van der Waals surface area (Å²) in [4.78, 5) is 14.8. The molecule has 1 atom stereocenters. The van der Waals surface area contributed by atoms with Gasteiger partial charge in [-0.1, -0.05) is 0 Å². The highest BCUT2D eigenvalue weighted by molar-refractivity contribution is 8.00. The van der Waals surface area contributed by atoms with Crippen molar-refractivity contribution < 1.29 is 14.3 Å². The van der Waals surface area contributed by atoms with Gasteiger partial charge >= 0.3 is 0 Å². The van der Waals surface area contributed by atoms with Gasteiger partial charge in [0, 0.05) is 11.4 Å². The molecular formula is C14H18FNO2S. The molecule has 104 valence electrons. The number of carbonyl (C=O) groups excluding carboxylic acids is 1. The molecule has 1 fully saturated rings. The van der Waals surface area contributed by atoms with Crippen LogP contribution in [0, 0.1) is 5.82 Å². The van der Waals surface area contributed by atoms with E-state index in [9.17, 15) is 14.3 Å². The zero-order valence-electron chi connectivity index (χ0n) is 10.7. The topological polar surface area (TPSA) is 40.5 Å². The van der Waals surface area contributed by atoms with Gasteiger partial charge < -0.3 is 10.0 Å². The fourth-order valence-electron chi connectivity index (χ4n) is 2.28. The average Bonchev–Trinajstić information content (AvgIpc) is 2.46. The van der Waals surface area contributed by atoms with E-state index < -0.39 is 0 Å². The van der Waals surface area contributed by atoms with Gasteiger partial charge in [0.2, 0.25) is 5.91 Å². The molecule has 1 N–H and O–H groups in total. The van der Waals surface area contributed by atoms with Crippen LogP contribution < -0.4 is 0 Å². The average molecular weight is 283 g/mol. The van der Waals surface area contributed by atoms with Crippen LogP contribution in [0.2, 0.25) is 0 Å². The molecule has 1 heterocycles. The molecule has 1 aromatic rings. The van der Waals surface area contributed by atoms with Gasteiger partial charge in [-0.25, -0.2) is 4.39 Å². The maximum atomic E-state index is 12.8. The van der Waals surface area contributed by atoms with Gasteiger partial charge in [-0.3, -0.25) is 4.79 Å². The summed E-state index contributed by atoms with van der Waals surface area (Å²) in [6, 6.07) is 6.10. The van der Waals surface area contributed by atoms with Crippen LogP contribution in [0.15, 0.2) is 29.2 Å². The first kappa shape index (κ1) is 14.3. The molecule has 0 aromatic heterocycles. The van der Waals surface area contributed by atoms with Gasteiger partial charge in [0.25, 0.3) is 0 Å². The first-order chi connectivity index (χ1) is 9.20. The van der Waals surface area contributed by atoms with Crippen molar-refractivity contribution in [3.63, 3.8) is 0 Å². The molecule has 1 aromatic carbocycles. The predicted octanol–water partition coefficient (Wildman–Crippen LogP) is 2.29. The van der Waals surface area contributed by atoms with E-state index in [0.29, 0.717) is 5.75 Å². The predicted molar refractivity (Wildman–Crippen MR) is 73.6 cm³/mol. The van der Waals surface area contributed by atoms with Gasteiger partial charge in [0.05, 0.1) is 18.4 Å². The van der Waals surface area contributed by atoms with Crippen LogP contribution in [0.25, 0.3) is 0 Å². The SMILES string of the molecule is O=C(CSc1ccc(F)cc1)N1CCCCC1CO. The molecule has 1 aliphatic heterocycles. The molecule has 1 amide bonds. The Hall–Kier alpha value is -1.07. The van der Waals surface area contributed by atoms with Crippen molar-refractivity contribution in [2.75, 3.05) is 18.9 Å². The number of piperidine rings is 1. The van der Waals surface area contributed by atoms with Crippen molar-refractivity contribution in [1.29, 1.82) is 0 Å². The van der Waals surface area contributed by atoms with Crippen molar-refractivity contribution >= 4 is 17.7 Å². The van der Waals surface area contributed by atoms with Crippen LogP contribution in [0.5, 0.6) is 0 Å². The number of carbonyl (C=O) groups is 1. The zero-order valence-corrected chi connectivity index (χ0v) is 11.5. The monoisotopic (exact) mass is 283 g/mol. The van der Waals surface area contributed by atoms with Crippen LogP contribution in [-0.2, 0) is 4.79 Å². The summed E-state index contributed by atoms with van der Waals surface area (Å²) in [7, 11) is 0. The molecule has 3 nitrogen and oxygen atoms in total. The molecule has 1 aliphatic rings. The summed E-state index contributed by atoms with van der Waals surface area (Å²) in [6.07, 6.45) is 2.95. The standard InChI is InChI=1S/C14H18FNO2S/c15-11-4-6-13(7-5-11)19-10-14(18)16-8-2-1-3-12(16)9-17/h4-7,12,17H,1-3,8-10H2. The molecule has 0 radical (unpaired) electrons. The highest BCUT2D eigenvalue weighted by Crippen LogP contribution is 2.22. The minimum atomic E-state index is -0.271. The van der Waals surface area contributed by atoms with Crippen LogP contribution in [-0.4, -0.2) is 40.9 Å². The molecular weight excluding hydrogens is 265 g/mol. The first-order valence-corrected chi connectivity index (χ1v) is 7.48. The normalized spacial score (nSPS) is 19.5. The van der Waals surface area contributed by atoms with Gasteiger partial charge in [-0.15, -0.1) is 11.8 Å². The van der Waals surface area contributed by atoms with Crippen LogP contribution in [0.1, 0.15) is 19.3 Å². The van der Waals surface area contributed by atoms with Crippen molar-refractivity contribution in [2.45, 2.75) is 30.2 Å². The minimum absolute atomic E-state index is 0.0323. The van der Waals surface area contributed by atoms with Crippen molar-refractivity contribution in [2.24, 2.45) is 0 Å². The first-order valence-electron chi connectivity index (χ1n) is 6.49. The number of nitrogens with zero attached hydrogens (tertiary/aromatic N) is 1. The van der Waals surface area contributed by atoms with Gasteiger partial charge in [0.15, 0.2) is 0 Å². The maximum Gasteiger partial charge on any atom is 0.233 e. The molecule has 0 saturated carbocycles. The van der Waals surface area contributed by atoms with Crippen LogP contribution in [0.4, 0.5) is 4.39 Å². The number of benzene rings is 1. The largest absolute Gasteiger partial charge is 0.394 e. The van der Waals surface area contributed by atoms with E-state index in [0.717, 1.165) is 30.7 Å². The lowest BCUT2D eigenvalue weighted by molar-refractivity contribution is -0.132. The summed E-state index contributed by atoms with van der Waals surface area (Å²) in [5, 5.41) is 9.28. The number of thioether (sulfide) groups is 1. The van der Waals surface area contributed by atoms with Crippen LogP contribution in [0.3, 0.4) is 0 Å². The summed E-state index contributed by atoms with van der Waals surface area (Å²) < 4.78 is 12.8. The highest BCUT2D eigenvalue weighted by Gasteiger charge is 2.25. The van der Waals surface area contributed by atoms with E-state index >= 15 is 0 Å². The number of aliphatic hydroxyl groups is 1. The van der Waals surface area contributed by atoms with E-state index in [1.165, 1.54) is 23.9 Å². The van der Waals surface area contributed by atoms with E-state index in [-0.39, 0.29) is 24.4 Å². The van der Waals surface area contributed by atoms with Crippen molar-refractivity contribution in [3.8, 4) is 0 Å². The smallest absolute Gasteiger partial charge is 0.233 e. The number of hydrogen-bond donors (Lipinski definition) is 1. The second-order valence-electron chi connectivity index (χ2n) is 4.66. The number of rotatable bonds is 4. The minimum Gasteiger partial charge on any atom is -0.394 e. The molecule has 1 saturated heterocycles. The Morgan fingerprint density at radius 3 is 2.79 bits per heavy atom. The van der Waals surface area contributed by atoms with E-state index in [2.05, 4.69) is 0 Å². The molecule has 19 heavy (non-hydrogen) atoms. The molecule has 0 spiro atoms. The summed E-state index contributed by atoms with van der Waals surface area (Å²) >= 11 is 1.40. The third-order valence-corrected chi connectivity index (χ3v) is 4.33. The van der Waals surface area contributed by atoms with E-state index in [1.807, 2.05) is 0 Å². The fraction of sp³-hybridized carbons (Fsp3) is 0.500. The summed E-state index contributed by atoms with van der Waals surface area (Å²) in [5.41, 5.74) is 0. The molecule has 1 unspecified atom stereocenters. The van der Waals surface area contributed by atoms with Gasteiger partial charge in [0.1, 0.15) is 5.82 Å².